The smallest absolute Gasteiger partial charge is 0.273 e. The number of hydrogen-bond donors (Lipinski definition) is 0. The first-order valence-electron chi connectivity index (χ1n) is 14.6. The van der Waals surface area contributed by atoms with E-state index in [0.717, 1.165) is 42.3 Å². The van der Waals surface area contributed by atoms with Crippen molar-refractivity contribution in [2.24, 2.45) is 0 Å². The summed E-state index contributed by atoms with van der Waals surface area (Å²) in [5.74, 6) is -0.407. The van der Waals surface area contributed by atoms with Crippen LogP contribution in [-0.4, -0.2) is 36.6 Å². The van der Waals surface area contributed by atoms with E-state index < -0.39 is 5.54 Å². The minimum atomic E-state index is -0.925. The zero-order valence-corrected chi connectivity index (χ0v) is 26.9. The number of methoxy groups -OCH3 is 1. The van der Waals surface area contributed by atoms with Gasteiger partial charge in [-0.25, -0.2) is 4.98 Å². The standard InChI is InChI=1S/C39H33IN2O2/c1-42(38(43)36-26-29-18-12-13-23-32(29)37(41-36)33-24-14-15-25-35(33)40)39(30-19-8-4-9-20-30,31-21-10-5-11-22-31)34(27-44-2)28-16-6-3-7-17-28/h3-26,34H,27H2,1-2H3. The number of rotatable bonds is 9. The minimum absolute atomic E-state index is 0.173. The van der Waals surface area contributed by atoms with Gasteiger partial charge >= 0.3 is 0 Å². The van der Waals surface area contributed by atoms with Crippen LogP contribution in [0.15, 0.2) is 146 Å². The maximum Gasteiger partial charge on any atom is 0.273 e. The van der Waals surface area contributed by atoms with Crippen molar-refractivity contribution >= 4 is 39.3 Å². The summed E-state index contributed by atoms with van der Waals surface area (Å²) in [7, 11) is 3.62. The fraction of sp³-hybridized carbons (Fsp3) is 0.128. The Hall–Kier alpha value is -4.33. The summed E-state index contributed by atoms with van der Waals surface area (Å²) < 4.78 is 7.01. The predicted octanol–water partition coefficient (Wildman–Crippen LogP) is 8.95. The zero-order valence-electron chi connectivity index (χ0n) is 24.7. The summed E-state index contributed by atoms with van der Waals surface area (Å²) in [6.45, 7) is 0.393. The van der Waals surface area contributed by atoms with Gasteiger partial charge in [-0.1, -0.05) is 133 Å². The SMILES string of the molecule is COCC(c1ccccc1)C(c1ccccc1)(c1ccccc1)N(C)C(=O)c1cc2ccccc2c(-c2ccccc2I)n1. The largest absolute Gasteiger partial charge is 0.384 e. The lowest BCUT2D eigenvalue weighted by Crippen LogP contribution is -2.53. The van der Waals surface area contributed by atoms with Crippen molar-refractivity contribution in [1.29, 1.82) is 0 Å². The van der Waals surface area contributed by atoms with Crippen molar-refractivity contribution < 1.29 is 9.53 Å². The molecule has 1 unspecified atom stereocenters. The number of benzene rings is 5. The number of nitrogens with zero attached hydrogens (tertiary/aromatic N) is 2. The van der Waals surface area contributed by atoms with E-state index in [2.05, 4.69) is 77.2 Å². The molecule has 6 rings (SSSR count). The summed E-state index contributed by atoms with van der Waals surface area (Å²) in [6.07, 6.45) is 0. The first-order chi connectivity index (χ1) is 21.6. The Morgan fingerprint density at radius 3 is 1.93 bits per heavy atom. The molecule has 0 fully saturated rings. The molecule has 0 aliphatic carbocycles. The summed E-state index contributed by atoms with van der Waals surface area (Å²) in [5, 5.41) is 1.98. The van der Waals surface area contributed by atoms with Gasteiger partial charge in [-0.05, 0) is 56.8 Å². The number of pyridine rings is 1. The first kappa shape index (κ1) is 29.7. The molecule has 0 saturated carbocycles. The lowest BCUT2D eigenvalue weighted by molar-refractivity contribution is 0.0452. The molecule has 5 aromatic carbocycles. The average molecular weight is 689 g/mol. The maximum atomic E-state index is 15.0. The van der Waals surface area contributed by atoms with Gasteiger partial charge in [0.25, 0.3) is 5.91 Å². The summed E-state index contributed by atoms with van der Waals surface area (Å²) in [4.78, 5) is 22.0. The number of hydrogen-bond acceptors (Lipinski definition) is 3. The highest BCUT2D eigenvalue weighted by Crippen LogP contribution is 2.47. The van der Waals surface area contributed by atoms with Crippen molar-refractivity contribution in [2.75, 3.05) is 20.8 Å². The minimum Gasteiger partial charge on any atom is -0.384 e. The van der Waals surface area contributed by atoms with Crippen LogP contribution in [0.3, 0.4) is 0 Å². The van der Waals surface area contributed by atoms with Crippen LogP contribution < -0.4 is 0 Å². The molecule has 0 N–H and O–H groups in total. The summed E-state index contributed by atoms with van der Waals surface area (Å²) in [6, 6.07) is 49.1. The van der Waals surface area contributed by atoms with E-state index in [0.29, 0.717) is 12.3 Å². The molecular formula is C39H33IN2O2. The van der Waals surface area contributed by atoms with Crippen LogP contribution >= 0.6 is 22.6 Å². The third kappa shape index (κ3) is 5.42. The van der Waals surface area contributed by atoms with E-state index >= 15 is 4.79 Å². The highest BCUT2D eigenvalue weighted by molar-refractivity contribution is 14.1. The van der Waals surface area contributed by atoms with Crippen LogP contribution in [-0.2, 0) is 10.3 Å². The molecule has 5 heteroatoms. The number of halogens is 1. The molecule has 0 saturated heterocycles. The molecule has 1 aromatic heterocycles. The molecular weight excluding hydrogens is 655 g/mol. The van der Waals surface area contributed by atoms with E-state index in [9.17, 15) is 0 Å². The molecule has 0 aliphatic heterocycles. The van der Waals surface area contributed by atoms with E-state index in [1.165, 1.54) is 0 Å². The summed E-state index contributed by atoms with van der Waals surface area (Å²) >= 11 is 2.34. The monoisotopic (exact) mass is 688 g/mol. The van der Waals surface area contributed by atoms with Crippen LogP contribution in [0.4, 0.5) is 0 Å². The Labute approximate surface area is 272 Å². The number of aromatic nitrogens is 1. The van der Waals surface area contributed by atoms with Crippen molar-refractivity contribution in [3.63, 3.8) is 0 Å². The molecule has 1 amide bonds. The van der Waals surface area contributed by atoms with Crippen molar-refractivity contribution in [3.8, 4) is 11.3 Å². The van der Waals surface area contributed by atoms with Gasteiger partial charge < -0.3 is 9.64 Å². The van der Waals surface area contributed by atoms with Gasteiger partial charge in [0.05, 0.1) is 12.3 Å². The second-order valence-corrected chi connectivity index (χ2v) is 12.0. The maximum absolute atomic E-state index is 15.0. The highest BCUT2D eigenvalue weighted by atomic mass is 127. The van der Waals surface area contributed by atoms with Gasteiger partial charge in [0.2, 0.25) is 0 Å². The lowest BCUT2D eigenvalue weighted by Gasteiger charge is -2.48. The molecule has 0 aliphatic rings. The van der Waals surface area contributed by atoms with Crippen molar-refractivity contribution in [2.45, 2.75) is 11.5 Å². The third-order valence-electron chi connectivity index (χ3n) is 8.39. The van der Waals surface area contributed by atoms with Gasteiger partial charge in [0, 0.05) is 34.6 Å². The quantitative estimate of drug-likeness (QED) is 0.143. The summed E-state index contributed by atoms with van der Waals surface area (Å²) in [5.41, 5.74) is 4.32. The zero-order chi connectivity index (χ0) is 30.5. The number of likely N-dealkylation sites (N-methyl/N-ethyl adjacent to an activating group) is 1. The van der Waals surface area contributed by atoms with Crippen LogP contribution in [0, 0.1) is 3.57 Å². The fourth-order valence-corrected chi connectivity index (χ4v) is 7.03. The van der Waals surface area contributed by atoms with Crippen LogP contribution in [0.25, 0.3) is 22.0 Å². The Bertz CT molecular complexity index is 1840. The number of carbonyl (C=O) groups excluding carboxylic acids is 1. The van der Waals surface area contributed by atoms with Crippen molar-refractivity contribution in [3.05, 3.63) is 172 Å². The lowest BCUT2D eigenvalue weighted by atomic mass is 9.69. The second-order valence-electron chi connectivity index (χ2n) is 10.8. The molecule has 0 spiro atoms. The molecule has 0 radical (unpaired) electrons. The van der Waals surface area contributed by atoms with E-state index in [4.69, 9.17) is 9.72 Å². The molecule has 6 aromatic rings. The molecule has 44 heavy (non-hydrogen) atoms. The number of amides is 1. The number of fused-ring (bicyclic) bond motifs is 1. The van der Waals surface area contributed by atoms with Gasteiger partial charge in [-0.2, -0.15) is 0 Å². The first-order valence-corrected chi connectivity index (χ1v) is 15.7. The van der Waals surface area contributed by atoms with Gasteiger partial charge in [0.1, 0.15) is 11.2 Å². The van der Waals surface area contributed by atoms with Crippen LogP contribution in [0.1, 0.15) is 33.1 Å². The van der Waals surface area contributed by atoms with E-state index in [-0.39, 0.29) is 11.8 Å². The topological polar surface area (TPSA) is 42.4 Å². The van der Waals surface area contributed by atoms with Crippen molar-refractivity contribution in [1.82, 2.24) is 9.88 Å². The second kappa shape index (κ2) is 13.1. The molecule has 1 atom stereocenters. The van der Waals surface area contributed by atoms with Gasteiger partial charge in [-0.3, -0.25) is 4.79 Å². The Morgan fingerprint density at radius 2 is 1.32 bits per heavy atom. The highest BCUT2D eigenvalue weighted by Gasteiger charge is 2.48. The Kier molecular flexibility index (Phi) is 8.87. The van der Waals surface area contributed by atoms with E-state index in [1.54, 1.807) is 7.11 Å². The molecule has 0 bridgehead atoms. The number of carbonyl (C=O) groups is 1. The third-order valence-corrected chi connectivity index (χ3v) is 9.33. The molecule has 4 nitrogen and oxygen atoms in total. The Morgan fingerprint density at radius 1 is 0.773 bits per heavy atom. The molecule has 218 valence electrons. The van der Waals surface area contributed by atoms with Gasteiger partial charge in [0.15, 0.2) is 0 Å². The van der Waals surface area contributed by atoms with E-state index in [1.807, 2.05) is 103 Å². The fourth-order valence-electron chi connectivity index (χ4n) is 6.38. The Balaban J connectivity index is 1.62. The normalized spacial score (nSPS) is 12.2. The molecule has 1 heterocycles. The predicted molar refractivity (Wildman–Crippen MR) is 187 cm³/mol. The van der Waals surface area contributed by atoms with Crippen LogP contribution in [0.5, 0.6) is 0 Å². The number of ether oxygens (including phenoxy) is 1. The van der Waals surface area contributed by atoms with Gasteiger partial charge in [-0.15, -0.1) is 0 Å². The van der Waals surface area contributed by atoms with Crippen LogP contribution in [0.2, 0.25) is 0 Å². The average Bonchev–Trinajstić information content (AvgIpc) is 3.09.